The average Bonchev–Trinajstić information content (AvgIpc) is 2.60. The first kappa shape index (κ1) is 22.9. The van der Waals surface area contributed by atoms with E-state index in [0.717, 1.165) is 5.56 Å². The molecular formula is C15H23NO9. The van der Waals surface area contributed by atoms with E-state index < -0.39 is 49.0 Å². The molecule has 0 unspecified atom stereocenters. The monoisotopic (exact) mass is 361 g/mol. The molecule has 0 amide bonds. The Labute approximate surface area is 143 Å². The molecule has 0 spiro atoms. The Bertz CT molecular complexity index is 525. The van der Waals surface area contributed by atoms with Gasteiger partial charge in [-0.1, -0.05) is 30.3 Å². The molecule has 25 heavy (non-hydrogen) atoms. The summed E-state index contributed by atoms with van der Waals surface area (Å²) in [5.41, 5.74) is 6.30. The molecule has 142 valence electrons. The first-order valence-electron chi connectivity index (χ1n) is 7.20. The molecule has 1 rings (SSSR count). The lowest BCUT2D eigenvalue weighted by molar-refractivity contribution is -0.164. The van der Waals surface area contributed by atoms with Crippen molar-refractivity contribution in [2.75, 3.05) is 6.61 Å². The second kappa shape index (κ2) is 11.5. The van der Waals surface area contributed by atoms with Gasteiger partial charge in [0.25, 0.3) is 0 Å². The van der Waals surface area contributed by atoms with Crippen molar-refractivity contribution in [2.24, 2.45) is 5.73 Å². The number of carboxylic acids is 2. The quantitative estimate of drug-likeness (QED) is 0.238. The van der Waals surface area contributed by atoms with Gasteiger partial charge in [-0.25, -0.2) is 4.79 Å². The van der Waals surface area contributed by atoms with E-state index in [4.69, 9.17) is 41.5 Å². The fourth-order valence-electron chi connectivity index (χ4n) is 1.62. The predicted molar refractivity (Wildman–Crippen MR) is 84.5 cm³/mol. The number of hydrogen-bond donors (Lipinski definition) is 8. The molecule has 0 aliphatic carbocycles. The molecule has 0 saturated carbocycles. The second-order valence-electron chi connectivity index (χ2n) is 5.15. The van der Waals surface area contributed by atoms with Crippen LogP contribution in [0.25, 0.3) is 0 Å². The maximum Gasteiger partial charge on any atom is 0.335 e. The number of rotatable bonds is 8. The molecule has 0 aromatic heterocycles. The lowest BCUT2D eigenvalue weighted by atomic mass is 10.0. The molecule has 0 radical (unpaired) electrons. The highest BCUT2D eigenvalue weighted by Crippen LogP contribution is 2.05. The highest BCUT2D eigenvalue weighted by atomic mass is 16.4. The van der Waals surface area contributed by atoms with E-state index in [2.05, 4.69) is 0 Å². The third kappa shape index (κ3) is 8.54. The Hall–Kier alpha value is -2.08. The van der Waals surface area contributed by atoms with Crippen molar-refractivity contribution in [3.63, 3.8) is 0 Å². The molecule has 9 N–H and O–H groups in total. The summed E-state index contributed by atoms with van der Waals surface area (Å²) in [6.07, 6.45) is -7.45. The van der Waals surface area contributed by atoms with Gasteiger partial charge in [-0.05, 0) is 12.0 Å². The Balaban J connectivity index is 0.000000462. The number of aliphatic hydroxyl groups is 5. The zero-order valence-corrected chi connectivity index (χ0v) is 13.2. The zero-order chi connectivity index (χ0) is 19.6. The minimum absolute atomic E-state index is 0.385. The van der Waals surface area contributed by atoms with Gasteiger partial charge in [0.1, 0.15) is 24.4 Å². The summed E-state index contributed by atoms with van der Waals surface area (Å²) >= 11 is 0. The van der Waals surface area contributed by atoms with Crippen LogP contribution in [0.4, 0.5) is 0 Å². The molecule has 0 fully saturated rings. The van der Waals surface area contributed by atoms with E-state index in [-0.39, 0.29) is 0 Å². The fraction of sp³-hybridized carbons (Fsp3) is 0.467. The average molecular weight is 361 g/mol. The van der Waals surface area contributed by atoms with Crippen LogP contribution in [-0.2, 0) is 16.0 Å². The van der Waals surface area contributed by atoms with Crippen molar-refractivity contribution in [3.05, 3.63) is 35.9 Å². The van der Waals surface area contributed by atoms with Gasteiger partial charge in [0, 0.05) is 0 Å². The van der Waals surface area contributed by atoms with E-state index in [1.165, 1.54) is 0 Å². The van der Waals surface area contributed by atoms with Crippen LogP contribution in [0.1, 0.15) is 5.56 Å². The molecule has 0 aliphatic heterocycles. The summed E-state index contributed by atoms with van der Waals surface area (Å²) in [7, 11) is 0. The van der Waals surface area contributed by atoms with E-state index in [0.29, 0.717) is 6.42 Å². The van der Waals surface area contributed by atoms with Crippen molar-refractivity contribution >= 4 is 11.9 Å². The zero-order valence-electron chi connectivity index (χ0n) is 13.2. The maximum atomic E-state index is 10.4. The van der Waals surface area contributed by atoms with Gasteiger partial charge in [-0.2, -0.15) is 0 Å². The van der Waals surface area contributed by atoms with E-state index >= 15 is 0 Å². The van der Waals surface area contributed by atoms with Gasteiger partial charge < -0.3 is 41.5 Å². The van der Waals surface area contributed by atoms with Gasteiger partial charge in [0.2, 0.25) is 0 Å². The topological polar surface area (TPSA) is 202 Å². The number of benzene rings is 1. The minimum atomic E-state index is -2.20. The third-order valence-corrected chi connectivity index (χ3v) is 3.12. The predicted octanol–water partition coefficient (Wildman–Crippen LogP) is -2.85. The van der Waals surface area contributed by atoms with Crippen molar-refractivity contribution in [2.45, 2.75) is 36.9 Å². The molecular weight excluding hydrogens is 338 g/mol. The number of aliphatic hydroxyl groups excluding tert-OH is 5. The van der Waals surface area contributed by atoms with Crippen molar-refractivity contribution in [1.29, 1.82) is 0 Å². The summed E-state index contributed by atoms with van der Waals surface area (Å²) in [5.74, 6) is -2.68. The van der Waals surface area contributed by atoms with E-state index in [1.54, 1.807) is 0 Å². The summed E-state index contributed by atoms with van der Waals surface area (Å²) in [6.45, 7) is -0.843. The maximum absolute atomic E-state index is 10.4. The summed E-state index contributed by atoms with van der Waals surface area (Å²) in [6, 6.07) is 8.54. The first-order valence-corrected chi connectivity index (χ1v) is 7.20. The smallest absolute Gasteiger partial charge is 0.335 e. The number of hydrogen-bond acceptors (Lipinski definition) is 8. The van der Waals surface area contributed by atoms with Crippen LogP contribution in [0.2, 0.25) is 0 Å². The molecule has 0 saturated heterocycles. The Morgan fingerprint density at radius 2 is 1.44 bits per heavy atom. The normalized spacial score (nSPS) is 16.6. The van der Waals surface area contributed by atoms with Crippen molar-refractivity contribution in [1.82, 2.24) is 0 Å². The molecule has 10 nitrogen and oxygen atoms in total. The highest BCUT2D eigenvalue weighted by molar-refractivity contribution is 5.73. The lowest BCUT2D eigenvalue weighted by Crippen LogP contribution is -2.48. The van der Waals surface area contributed by atoms with Crippen molar-refractivity contribution in [3.8, 4) is 0 Å². The van der Waals surface area contributed by atoms with Crippen LogP contribution in [0.5, 0.6) is 0 Å². The molecule has 1 aromatic rings. The Morgan fingerprint density at radius 3 is 1.84 bits per heavy atom. The summed E-state index contributed by atoms with van der Waals surface area (Å²) in [5, 5.41) is 60.3. The largest absolute Gasteiger partial charge is 0.480 e. The van der Waals surface area contributed by atoms with E-state index in [9.17, 15) is 9.59 Å². The van der Waals surface area contributed by atoms with Crippen LogP contribution in [0.15, 0.2) is 30.3 Å². The minimum Gasteiger partial charge on any atom is -0.480 e. The Kier molecular flexibility index (Phi) is 10.5. The van der Waals surface area contributed by atoms with Crippen LogP contribution >= 0.6 is 0 Å². The highest BCUT2D eigenvalue weighted by Gasteiger charge is 2.33. The van der Waals surface area contributed by atoms with Gasteiger partial charge in [0.05, 0.1) is 6.61 Å². The van der Waals surface area contributed by atoms with Crippen molar-refractivity contribution < 1.29 is 45.3 Å². The SMILES string of the molecule is N[C@@H](Cc1ccccc1)C(=O)O.O=C(O)[C@H](O)[C@@H](O)[C@H](O)[C@H](O)CO. The van der Waals surface area contributed by atoms with Crippen LogP contribution in [-0.4, -0.2) is 84.7 Å². The lowest BCUT2D eigenvalue weighted by Gasteiger charge is -2.23. The van der Waals surface area contributed by atoms with Crippen LogP contribution < -0.4 is 5.73 Å². The fourth-order valence-corrected chi connectivity index (χ4v) is 1.62. The molecule has 0 aliphatic rings. The van der Waals surface area contributed by atoms with Gasteiger partial charge in [0.15, 0.2) is 6.10 Å². The second-order valence-corrected chi connectivity index (χ2v) is 5.15. The number of carboxylic acid groups (broad SMARTS) is 2. The van der Waals surface area contributed by atoms with Gasteiger partial charge in [-0.3, -0.25) is 4.79 Å². The van der Waals surface area contributed by atoms with Crippen LogP contribution in [0, 0.1) is 0 Å². The number of aliphatic carboxylic acids is 2. The van der Waals surface area contributed by atoms with E-state index in [1.807, 2.05) is 30.3 Å². The first-order chi connectivity index (χ1) is 11.6. The van der Waals surface area contributed by atoms with Gasteiger partial charge in [-0.15, -0.1) is 0 Å². The summed E-state index contributed by atoms with van der Waals surface area (Å²) in [4.78, 5) is 20.5. The standard InChI is InChI=1S/C9H11NO2.C6H12O7/c10-8(9(11)12)6-7-4-2-1-3-5-7;7-1-2(8)3(9)4(10)5(11)6(12)13/h1-5,8H,6,10H2,(H,11,12);2-5,7-11H,1H2,(H,12,13)/t8-;2-,3-,4+,5-/m01/s1. The number of nitrogens with two attached hydrogens (primary N) is 1. The molecule has 1 aromatic carbocycles. The molecule has 5 atom stereocenters. The number of carbonyl (C=O) groups is 2. The van der Waals surface area contributed by atoms with Gasteiger partial charge >= 0.3 is 11.9 Å². The van der Waals surface area contributed by atoms with Crippen LogP contribution in [0.3, 0.4) is 0 Å². The molecule has 0 heterocycles. The molecule has 10 heteroatoms. The molecule has 0 bridgehead atoms. The Morgan fingerprint density at radius 1 is 0.920 bits per heavy atom. The summed E-state index contributed by atoms with van der Waals surface area (Å²) < 4.78 is 0. The third-order valence-electron chi connectivity index (χ3n) is 3.12.